The van der Waals surface area contributed by atoms with Crippen molar-refractivity contribution in [1.82, 2.24) is 0 Å². The zero-order chi connectivity index (χ0) is 14.8. The molecule has 0 saturated carbocycles. The molecule has 0 aromatic carbocycles. The molecule has 2 atom stereocenters. The first-order valence-corrected chi connectivity index (χ1v) is 7.27. The van der Waals surface area contributed by atoms with Crippen LogP contribution in [0.3, 0.4) is 0 Å². The maximum atomic E-state index is 10.7. The summed E-state index contributed by atoms with van der Waals surface area (Å²) in [7, 11) is -6.46. The van der Waals surface area contributed by atoms with Gasteiger partial charge in [0.1, 0.15) is 0 Å². The molecule has 0 saturated heterocycles. The van der Waals surface area contributed by atoms with Crippen molar-refractivity contribution in [3.05, 3.63) is 0 Å². The second-order valence-electron chi connectivity index (χ2n) is 5.29. The van der Waals surface area contributed by atoms with E-state index in [1.165, 1.54) is 13.8 Å². The molecule has 0 aliphatic heterocycles. The van der Waals surface area contributed by atoms with E-state index >= 15 is 0 Å². The lowest BCUT2D eigenvalue weighted by Gasteiger charge is -2.36. The topological polar surface area (TPSA) is 139 Å². The van der Waals surface area contributed by atoms with Crippen LogP contribution in [0.1, 0.15) is 34.1 Å². The van der Waals surface area contributed by atoms with Crippen molar-refractivity contribution < 1.29 is 33.1 Å². The Hall–Kier alpha value is -0.0400. The molecule has 2 unspecified atom stereocenters. The Bertz CT molecular complexity index is 323. The molecule has 0 aromatic rings. The zero-order valence-corrected chi connectivity index (χ0v) is 12.4. The van der Waals surface area contributed by atoms with E-state index in [0.29, 0.717) is 0 Å². The van der Waals surface area contributed by atoms with Crippen LogP contribution in [-0.2, 0) is 18.2 Å². The van der Waals surface area contributed by atoms with Gasteiger partial charge in [-0.15, -0.1) is 9.79 Å². The molecular formula is C8H19NO7P2+2. The first kappa shape index (κ1) is 18.0. The summed E-state index contributed by atoms with van der Waals surface area (Å²) in [6.45, 7) is 6.18. The molecule has 10 heteroatoms. The van der Waals surface area contributed by atoms with Crippen LogP contribution >= 0.6 is 16.5 Å². The molecule has 0 aliphatic rings. The Labute approximate surface area is 107 Å². The fraction of sp³-hybridized carbons (Fsp3) is 1.00. The summed E-state index contributed by atoms with van der Waals surface area (Å²) < 4.78 is 30.1. The second kappa shape index (κ2) is 5.94. The van der Waals surface area contributed by atoms with E-state index in [4.69, 9.17) is 15.5 Å². The third-order valence-corrected chi connectivity index (χ3v) is 2.96. The van der Waals surface area contributed by atoms with Crippen molar-refractivity contribution in [1.29, 1.82) is 0 Å². The van der Waals surface area contributed by atoms with Crippen LogP contribution in [0.25, 0.3) is 0 Å². The fourth-order valence-corrected chi connectivity index (χ4v) is 2.78. The molecular weight excluding hydrogens is 284 g/mol. The Balaban J connectivity index is 5.28. The molecule has 8 nitrogen and oxygen atoms in total. The standard InChI is InChI=1S/C8H17NO7P2/c1-6(2,5-7(3,4)9)8(10,15-17(11)12)16-18(13)14/h10H,5,9H2,1-4H3/p+2. The Morgan fingerprint density at radius 1 is 1.06 bits per heavy atom. The van der Waals surface area contributed by atoms with Crippen LogP contribution in [0.2, 0.25) is 0 Å². The number of nitrogens with two attached hydrogens (primary N) is 1. The van der Waals surface area contributed by atoms with Gasteiger partial charge in [0.05, 0.1) is 5.41 Å². The average Bonchev–Trinajstić information content (AvgIpc) is 1.93. The van der Waals surface area contributed by atoms with Crippen molar-refractivity contribution in [3.63, 3.8) is 0 Å². The molecule has 0 heterocycles. The monoisotopic (exact) mass is 303 g/mol. The van der Waals surface area contributed by atoms with Gasteiger partial charge in [-0.2, -0.15) is 0 Å². The molecule has 0 aliphatic carbocycles. The minimum absolute atomic E-state index is 0.100. The van der Waals surface area contributed by atoms with E-state index < -0.39 is 33.4 Å². The van der Waals surface area contributed by atoms with Gasteiger partial charge >= 0.3 is 22.5 Å². The third-order valence-electron chi connectivity index (χ3n) is 2.16. The summed E-state index contributed by atoms with van der Waals surface area (Å²) in [5.41, 5.74) is 3.73. The SMILES string of the molecule is CC(C)(N)CC(C)(C)C(O)(O[P+](=O)O)O[P+](=O)O. The summed E-state index contributed by atoms with van der Waals surface area (Å²) in [5, 5.41) is 10.1. The van der Waals surface area contributed by atoms with E-state index in [9.17, 15) is 14.2 Å². The van der Waals surface area contributed by atoms with Crippen molar-refractivity contribution in [3.8, 4) is 0 Å². The van der Waals surface area contributed by atoms with Gasteiger partial charge in [0.25, 0.3) is 0 Å². The molecule has 0 rings (SSSR count). The molecule has 18 heavy (non-hydrogen) atoms. The van der Waals surface area contributed by atoms with Gasteiger partial charge in [-0.3, -0.25) is 0 Å². The van der Waals surface area contributed by atoms with E-state index in [2.05, 4.69) is 9.05 Å². The van der Waals surface area contributed by atoms with Gasteiger partial charge in [0.2, 0.25) is 0 Å². The molecule has 0 spiro atoms. The third kappa shape index (κ3) is 5.73. The van der Waals surface area contributed by atoms with Crippen molar-refractivity contribution >= 4 is 16.5 Å². The number of aliphatic hydroxyl groups is 1. The van der Waals surface area contributed by atoms with Crippen LogP contribution in [0.15, 0.2) is 0 Å². The summed E-state index contributed by atoms with van der Waals surface area (Å²) in [4.78, 5) is 17.4. The normalized spacial score (nSPS) is 18.2. The summed E-state index contributed by atoms with van der Waals surface area (Å²) >= 11 is 0. The second-order valence-corrected chi connectivity index (χ2v) is 6.61. The maximum absolute atomic E-state index is 10.7. The van der Waals surface area contributed by atoms with E-state index in [1.807, 2.05) is 0 Å². The van der Waals surface area contributed by atoms with Gasteiger partial charge in [-0.25, -0.2) is 0 Å². The Morgan fingerprint density at radius 2 is 1.39 bits per heavy atom. The quantitative estimate of drug-likeness (QED) is 0.405. The van der Waals surface area contributed by atoms with E-state index in [0.717, 1.165) is 0 Å². The first-order chi connectivity index (χ1) is 7.79. The van der Waals surface area contributed by atoms with Crippen LogP contribution in [-0.4, -0.2) is 26.4 Å². The lowest BCUT2D eigenvalue weighted by molar-refractivity contribution is -0.335. The Kier molecular flexibility index (Phi) is 5.93. The highest BCUT2D eigenvalue weighted by Crippen LogP contribution is 2.47. The van der Waals surface area contributed by atoms with Gasteiger partial charge in [0.15, 0.2) is 0 Å². The fourth-order valence-electron chi connectivity index (χ4n) is 1.73. The van der Waals surface area contributed by atoms with Crippen molar-refractivity contribution in [2.24, 2.45) is 11.1 Å². The van der Waals surface area contributed by atoms with Gasteiger partial charge in [-0.1, -0.05) is 13.8 Å². The smallest absolute Gasteiger partial charge is 0.337 e. The summed E-state index contributed by atoms with van der Waals surface area (Å²) in [6.07, 6.45) is 0.100. The van der Waals surface area contributed by atoms with Crippen LogP contribution in [0.4, 0.5) is 0 Å². The molecule has 5 N–H and O–H groups in total. The number of rotatable bonds is 7. The number of hydrogen-bond acceptors (Lipinski definition) is 6. The van der Waals surface area contributed by atoms with E-state index in [1.54, 1.807) is 13.8 Å². The van der Waals surface area contributed by atoms with Crippen LogP contribution < -0.4 is 5.73 Å². The predicted octanol–water partition coefficient (Wildman–Crippen LogP) is 1.12. The highest BCUT2D eigenvalue weighted by molar-refractivity contribution is 7.33. The van der Waals surface area contributed by atoms with Gasteiger partial charge in [0, 0.05) is 14.7 Å². The minimum Gasteiger partial charge on any atom is -0.337 e. The summed E-state index contributed by atoms with van der Waals surface area (Å²) in [6, 6.07) is 0. The van der Waals surface area contributed by atoms with Crippen molar-refractivity contribution in [2.45, 2.75) is 45.6 Å². The lowest BCUT2D eigenvalue weighted by atomic mass is 9.78. The molecule has 0 fully saturated rings. The molecule has 0 aromatic heterocycles. The van der Waals surface area contributed by atoms with Gasteiger partial charge < -0.3 is 10.8 Å². The zero-order valence-electron chi connectivity index (χ0n) is 10.7. The molecule has 106 valence electrons. The van der Waals surface area contributed by atoms with Crippen molar-refractivity contribution in [2.75, 3.05) is 0 Å². The largest absolute Gasteiger partial charge is 0.700 e. The first-order valence-electron chi connectivity index (χ1n) is 5.01. The van der Waals surface area contributed by atoms with Crippen LogP contribution in [0, 0.1) is 5.41 Å². The molecule has 0 radical (unpaired) electrons. The van der Waals surface area contributed by atoms with Gasteiger partial charge in [-0.05, 0) is 29.3 Å². The molecule has 0 bridgehead atoms. The highest BCUT2D eigenvalue weighted by atomic mass is 31.1. The number of hydrogen-bond donors (Lipinski definition) is 4. The minimum atomic E-state index is -3.23. The highest BCUT2D eigenvalue weighted by Gasteiger charge is 2.60. The van der Waals surface area contributed by atoms with Crippen LogP contribution in [0.5, 0.6) is 0 Å². The average molecular weight is 303 g/mol. The summed E-state index contributed by atoms with van der Waals surface area (Å²) in [5.74, 6) is -2.70. The molecule has 0 amide bonds. The maximum Gasteiger partial charge on any atom is 0.700 e. The van der Waals surface area contributed by atoms with E-state index in [-0.39, 0.29) is 6.42 Å². The predicted molar refractivity (Wildman–Crippen MR) is 63.4 cm³/mol. The lowest BCUT2D eigenvalue weighted by Crippen LogP contribution is -2.51. The Morgan fingerprint density at radius 3 is 1.61 bits per heavy atom.